The molecule has 0 aromatic heterocycles. The van der Waals surface area contributed by atoms with E-state index in [9.17, 15) is 23.1 Å². The average molecular weight is 295 g/mol. The number of rotatable bonds is 2. The number of amides is 1. The quantitative estimate of drug-likeness (QED) is 0.824. The minimum atomic E-state index is -4.62. The lowest BCUT2D eigenvalue weighted by atomic mass is 10.1. The van der Waals surface area contributed by atoms with E-state index in [4.69, 9.17) is 0 Å². The van der Waals surface area contributed by atoms with Crippen molar-refractivity contribution in [3.05, 3.63) is 59.2 Å². The Kier molecular flexibility index (Phi) is 3.88. The number of phenols is 1. The van der Waals surface area contributed by atoms with Crippen molar-refractivity contribution in [2.75, 3.05) is 5.32 Å². The number of hydrogen-bond acceptors (Lipinski definition) is 2. The molecule has 0 aliphatic rings. The molecule has 0 spiro atoms. The predicted molar refractivity (Wildman–Crippen MR) is 72.2 cm³/mol. The van der Waals surface area contributed by atoms with Crippen LogP contribution < -0.4 is 5.32 Å². The molecule has 0 radical (unpaired) electrons. The number of carbonyl (C=O) groups is 1. The molecule has 3 nitrogen and oxygen atoms in total. The van der Waals surface area contributed by atoms with Crippen LogP contribution in [-0.2, 0) is 6.18 Å². The van der Waals surface area contributed by atoms with E-state index in [0.29, 0.717) is 0 Å². The molecule has 0 atom stereocenters. The summed E-state index contributed by atoms with van der Waals surface area (Å²) in [5, 5.41) is 11.9. The molecule has 110 valence electrons. The number of benzene rings is 2. The van der Waals surface area contributed by atoms with E-state index in [1.165, 1.54) is 24.3 Å². The van der Waals surface area contributed by atoms with E-state index in [-0.39, 0.29) is 11.4 Å². The van der Waals surface area contributed by atoms with Gasteiger partial charge in [-0.3, -0.25) is 4.79 Å². The summed E-state index contributed by atoms with van der Waals surface area (Å²) < 4.78 is 38.6. The van der Waals surface area contributed by atoms with E-state index >= 15 is 0 Å². The molecule has 0 aliphatic heterocycles. The van der Waals surface area contributed by atoms with Crippen molar-refractivity contribution in [2.45, 2.75) is 13.1 Å². The van der Waals surface area contributed by atoms with Crippen LogP contribution in [0.15, 0.2) is 42.5 Å². The first kappa shape index (κ1) is 14.9. The van der Waals surface area contributed by atoms with Gasteiger partial charge in [-0.05, 0) is 36.8 Å². The first-order chi connectivity index (χ1) is 9.79. The number of phenolic OH excluding ortho intramolecular Hbond substituents is 1. The molecular formula is C15H12F3NO2. The zero-order valence-corrected chi connectivity index (χ0v) is 11.0. The molecule has 0 aliphatic carbocycles. The zero-order valence-electron chi connectivity index (χ0n) is 11.0. The second-order valence-electron chi connectivity index (χ2n) is 4.52. The van der Waals surface area contributed by atoms with Gasteiger partial charge in [-0.1, -0.05) is 18.2 Å². The topological polar surface area (TPSA) is 49.3 Å². The van der Waals surface area contributed by atoms with E-state index in [0.717, 1.165) is 17.7 Å². The second-order valence-corrected chi connectivity index (χ2v) is 4.52. The van der Waals surface area contributed by atoms with Crippen molar-refractivity contribution in [2.24, 2.45) is 0 Å². The van der Waals surface area contributed by atoms with Crippen LogP contribution in [0.5, 0.6) is 5.75 Å². The van der Waals surface area contributed by atoms with Gasteiger partial charge in [0.05, 0.1) is 16.8 Å². The third-order valence-electron chi connectivity index (χ3n) is 2.88. The highest BCUT2D eigenvalue weighted by Crippen LogP contribution is 2.32. The lowest BCUT2D eigenvalue weighted by molar-refractivity contribution is -0.137. The van der Waals surface area contributed by atoms with Crippen molar-refractivity contribution >= 4 is 11.6 Å². The summed E-state index contributed by atoms with van der Waals surface area (Å²) in [6.07, 6.45) is -4.62. The highest BCUT2D eigenvalue weighted by molar-refractivity contribution is 6.06. The number of aryl methyl sites for hydroxylation is 1. The lowest BCUT2D eigenvalue weighted by Crippen LogP contribution is -2.18. The Morgan fingerprint density at radius 2 is 1.81 bits per heavy atom. The molecule has 0 heterocycles. The lowest BCUT2D eigenvalue weighted by Gasteiger charge is -2.13. The Morgan fingerprint density at radius 1 is 1.14 bits per heavy atom. The number of halogens is 3. The molecule has 0 saturated carbocycles. The minimum Gasteiger partial charge on any atom is -0.506 e. The monoisotopic (exact) mass is 295 g/mol. The third kappa shape index (κ3) is 3.34. The average Bonchev–Trinajstić information content (AvgIpc) is 2.42. The van der Waals surface area contributed by atoms with E-state index in [2.05, 4.69) is 5.32 Å². The van der Waals surface area contributed by atoms with Gasteiger partial charge in [-0.25, -0.2) is 0 Å². The highest BCUT2D eigenvalue weighted by Gasteiger charge is 2.34. The van der Waals surface area contributed by atoms with Gasteiger partial charge in [0.1, 0.15) is 5.75 Å². The maximum Gasteiger partial charge on any atom is 0.417 e. The van der Waals surface area contributed by atoms with Gasteiger partial charge in [0.25, 0.3) is 5.91 Å². The van der Waals surface area contributed by atoms with Gasteiger partial charge in [0.2, 0.25) is 0 Å². The molecule has 21 heavy (non-hydrogen) atoms. The van der Waals surface area contributed by atoms with Crippen LogP contribution in [0.3, 0.4) is 0 Å². The summed E-state index contributed by atoms with van der Waals surface area (Å²) in [4.78, 5) is 12.0. The van der Waals surface area contributed by atoms with Gasteiger partial charge in [0.15, 0.2) is 0 Å². The van der Waals surface area contributed by atoms with Crippen molar-refractivity contribution in [1.82, 2.24) is 0 Å². The fourth-order valence-corrected chi connectivity index (χ4v) is 1.87. The zero-order chi connectivity index (χ0) is 15.6. The first-order valence-corrected chi connectivity index (χ1v) is 6.06. The second kappa shape index (κ2) is 5.47. The van der Waals surface area contributed by atoms with Crippen LogP contribution in [0.1, 0.15) is 21.5 Å². The molecule has 0 unspecified atom stereocenters. The maximum atomic E-state index is 12.9. The highest BCUT2D eigenvalue weighted by atomic mass is 19.4. The third-order valence-corrected chi connectivity index (χ3v) is 2.88. The molecule has 2 rings (SSSR count). The van der Waals surface area contributed by atoms with E-state index in [1.54, 1.807) is 13.0 Å². The molecule has 1 amide bonds. The van der Waals surface area contributed by atoms with Gasteiger partial charge in [-0.15, -0.1) is 0 Å². The van der Waals surface area contributed by atoms with E-state index < -0.39 is 23.2 Å². The molecule has 2 N–H and O–H groups in total. The fraction of sp³-hybridized carbons (Fsp3) is 0.133. The van der Waals surface area contributed by atoms with Crippen molar-refractivity contribution in [1.29, 1.82) is 0 Å². The molecular weight excluding hydrogens is 283 g/mol. The Morgan fingerprint density at radius 3 is 2.48 bits per heavy atom. The Labute approximate surface area is 119 Å². The summed E-state index contributed by atoms with van der Waals surface area (Å²) in [5.74, 6) is -1.14. The van der Waals surface area contributed by atoms with Crippen LogP contribution in [0.4, 0.5) is 18.9 Å². The SMILES string of the molecule is Cc1ccc(O)c(NC(=O)c2ccccc2C(F)(F)F)c1. The van der Waals surface area contributed by atoms with Crippen LogP contribution >= 0.6 is 0 Å². The summed E-state index contributed by atoms with van der Waals surface area (Å²) in [6.45, 7) is 1.73. The predicted octanol–water partition coefficient (Wildman–Crippen LogP) is 3.97. The molecule has 0 saturated heterocycles. The first-order valence-electron chi connectivity index (χ1n) is 6.06. The number of anilines is 1. The Hall–Kier alpha value is -2.50. The van der Waals surface area contributed by atoms with Crippen molar-refractivity contribution < 1.29 is 23.1 Å². The fourth-order valence-electron chi connectivity index (χ4n) is 1.87. The smallest absolute Gasteiger partial charge is 0.417 e. The number of aromatic hydroxyl groups is 1. The summed E-state index contributed by atoms with van der Waals surface area (Å²) in [6, 6.07) is 8.94. The van der Waals surface area contributed by atoms with Gasteiger partial charge < -0.3 is 10.4 Å². The molecule has 0 bridgehead atoms. The maximum absolute atomic E-state index is 12.9. The molecule has 2 aromatic rings. The summed E-state index contributed by atoms with van der Waals surface area (Å²) in [7, 11) is 0. The molecule has 0 fully saturated rings. The number of hydrogen-bond donors (Lipinski definition) is 2. The van der Waals surface area contributed by atoms with Crippen LogP contribution in [0.25, 0.3) is 0 Å². The van der Waals surface area contributed by atoms with Gasteiger partial charge in [0, 0.05) is 0 Å². The molecule has 6 heteroatoms. The number of carbonyl (C=O) groups excluding carboxylic acids is 1. The van der Waals surface area contributed by atoms with Crippen LogP contribution in [0.2, 0.25) is 0 Å². The summed E-state index contributed by atoms with van der Waals surface area (Å²) in [5.41, 5.74) is -0.690. The largest absolute Gasteiger partial charge is 0.506 e. The normalized spacial score (nSPS) is 11.2. The minimum absolute atomic E-state index is 0.0666. The van der Waals surface area contributed by atoms with Gasteiger partial charge in [-0.2, -0.15) is 13.2 Å². The van der Waals surface area contributed by atoms with E-state index in [1.807, 2.05) is 0 Å². The number of alkyl halides is 3. The Balaban J connectivity index is 2.36. The Bertz CT molecular complexity index is 681. The van der Waals surface area contributed by atoms with Gasteiger partial charge >= 0.3 is 6.18 Å². The van der Waals surface area contributed by atoms with Crippen LogP contribution in [0, 0.1) is 6.92 Å². The molecule has 2 aromatic carbocycles. The van der Waals surface area contributed by atoms with Crippen molar-refractivity contribution in [3.63, 3.8) is 0 Å². The van der Waals surface area contributed by atoms with Crippen molar-refractivity contribution in [3.8, 4) is 5.75 Å². The van der Waals surface area contributed by atoms with Crippen LogP contribution in [-0.4, -0.2) is 11.0 Å². The summed E-state index contributed by atoms with van der Waals surface area (Å²) >= 11 is 0. The standard InChI is InChI=1S/C15H12F3NO2/c1-9-6-7-13(20)12(8-9)19-14(21)10-4-2-3-5-11(10)15(16,17)18/h2-8,20H,1H3,(H,19,21). The number of nitrogens with one attached hydrogen (secondary N) is 1.